The van der Waals surface area contributed by atoms with Crippen LogP contribution in [0.3, 0.4) is 0 Å². The zero-order valence-electron chi connectivity index (χ0n) is 11.1. The molecule has 5 nitrogen and oxygen atoms in total. The maximum Gasteiger partial charge on any atom is 0.322 e. The Morgan fingerprint density at radius 3 is 1.50 bits per heavy atom. The van der Waals surface area contributed by atoms with E-state index in [4.69, 9.17) is 20.7 Å². The number of carboxylic acid groups (broad SMARTS) is 1. The van der Waals surface area contributed by atoms with Crippen molar-refractivity contribution in [2.45, 2.75) is 58.8 Å². The smallest absolute Gasteiger partial charge is 0.322 e. The molecule has 0 amide bonds. The Labute approximate surface area is 97.6 Å². The Morgan fingerprint density at radius 2 is 1.50 bits per heavy atom. The van der Waals surface area contributed by atoms with Gasteiger partial charge in [0.25, 0.3) is 0 Å². The first-order valence-electron chi connectivity index (χ1n) is 5.18. The highest BCUT2D eigenvalue weighted by molar-refractivity contribution is 5.73. The van der Waals surface area contributed by atoms with Crippen LogP contribution in [0, 0.1) is 0 Å². The molecule has 0 saturated carbocycles. The largest absolute Gasteiger partial charge is 0.480 e. The van der Waals surface area contributed by atoms with Crippen LogP contribution in [-0.2, 0) is 9.53 Å². The fourth-order valence-electron chi connectivity index (χ4n) is 0.997. The lowest BCUT2D eigenvalue weighted by Gasteiger charge is -2.30. The zero-order valence-corrected chi connectivity index (χ0v) is 11.1. The number of ether oxygens (including phenoxy) is 1. The molecule has 0 aliphatic rings. The average Bonchev–Trinajstić information content (AvgIpc) is 1.96. The Bertz CT molecular complexity index is 191. The highest BCUT2D eigenvalue weighted by Gasteiger charge is 2.19. The summed E-state index contributed by atoms with van der Waals surface area (Å²) >= 11 is 0. The van der Waals surface area contributed by atoms with Crippen molar-refractivity contribution < 1.29 is 19.7 Å². The molecule has 4 N–H and O–H groups in total. The van der Waals surface area contributed by atoms with E-state index in [1.165, 1.54) is 0 Å². The van der Waals surface area contributed by atoms with Crippen molar-refractivity contribution in [1.82, 2.24) is 0 Å². The molecule has 1 atom stereocenters. The van der Waals surface area contributed by atoms with Gasteiger partial charge in [0.05, 0.1) is 17.8 Å². The van der Waals surface area contributed by atoms with Crippen LogP contribution >= 0.6 is 0 Å². The van der Waals surface area contributed by atoms with Gasteiger partial charge in [-0.1, -0.05) is 0 Å². The first-order chi connectivity index (χ1) is 6.89. The van der Waals surface area contributed by atoms with Crippen LogP contribution in [0.15, 0.2) is 0 Å². The third-order valence-corrected chi connectivity index (χ3v) is 1.13. The molecule has 0 aromatic rings. The number of aliphatic hydroxyl groups is 1. The van der Waals surface area contributed by atoms with Gasteiger partial charge < -0.3 is 20.7 Å². The van der Waals surface area contributed by atoms with E-state index in [-0.39, 0.29) is 11.2 Å². The van der Waals surface area contributed by atoms with Crippen molar-refractivity contribution in [3.63, 3.8) is 0 Å². The molecule has 0 aliphatic heterocycles. The Balaban J connectivity index is 0. The first-order valence-corrected chi connectivity index (χ1v) is 5.18. The fraction of sp³-hybridized carbons (Fsp3) is 0.909. The molecular formula is C11H25NO4. The summed E-state index contributed by atoms with van der Waals surface area (Å²) < 4.78 is 5.62. The van der Waals surface area contributed by atoms with Gasteiger partial charge in [-0.2, -0.15) is 0 Å². The summed E-state index contributed by atoms with van der Waals surface area (Å²) in [6.45, 7) is 11.9. The van der Waals surface area contributed by atoms with Gasteiger partial charge in [-0.05, 0) is 41.5 Å². The van der Waals surface area contributed by atoms with Crippen LogP contribution in [0.25, 0.3) is 0 Å². The summed E-state index contributed by atoms with van der Waals surface area (Å²) in [5.41, 5.74) is 4.73. The summed E-state index contributed by atoms with van der Waals surface area (Å²) in [5.74, 6) is -1.18. The Hall–Kier alpha value is -0.650. The Morgan fingerprint density at radius 1 is 1.19 bits per heavy atom. The highest BCUT2D eigenvalue weighted by atomic mass is 16.5. The average molecular weight is 235 g/mol. The summed E-state index contributed by atoms with van der Waals surface area (Å²) in [4.78, 5) is 9.65. The van der Waals surface area contributed by atoms with Gasteiger partial charge in [0.2, 0.25) is 0 Å². The van der Waals surface area contributed by atoms with Crippen molar-refractivity contribution in [2.24, 2.45) is 5.73 Å². The number of carbonyl (C=O) groups is 1. The number of rotatable bonds is 2. The van der Waals surface area contributed by atoms with E-state index in [1.807, 2.05) is 0 Å². The number of nitrogens with two attached hydrogens (primary N) is 1. The summed E-state index contributed by atoms with van der Waals surface area (Å²) in [5, 5.41) is 15.9. The Kier molecular flexibility index (Phi) is 7.57. The molecule has 0 radical (unpaired) electrons. The van der Waals surface area contributed by atoms with Gasteiger partial charge in [0.15, 0.2) is 0 Å². The van der Waals surface area contributed by atoms with E-state index < -0.39 is 18.6 Å². The minimum Gasteiger partial charge on any atom is -0.480 e. The molecule has 5 heteroatoms. The van der Waals surface area contributed by atoms with Crippen LogP contribution in [0.4, 0.5) is 0 Å². The van der Waals surface area contributed by atoms with Gasteiger partial charge in [-0.25, -0.2) is 0 Å². The van der Waals surface area contributed by atoms with Crippen LogP contribution in [-0.4, -0.2) is 40.0 Å². The first kappa shape index (κ1) is 17.7. The third kappa shape index (κ3) is 15.8. The molecule has 0 spiro atoms. The zero-order chi connectivity index (χ0) is 13.6. The van der Waals surface area contributed by atoms with Crippen LogP contribution in [0.5, 0.6) is 0 Å². The lowest BCUT2D eigenvalue weighted by Crippen LogP contribution is -2.33. The van der Waals surface area contributed by atoms with Gasteiger partial charge in [-0.3, -0.25) is 4.79 Å². The highest BCUT2D eigenvalue weighted by Crippen LogP contribution is 2.17. The minimum atomic E-state index is -1.18. The molecule has 0 saturated heterocycles. The van der Waals surface area contributed by atoms with E-state index in [1.54, 1.807) is 0 Å². The third-order valence-electron chi connectivity index (χ3n) is 1.13. The van der Waals surface area contributed by atoms with Crippen molar-refractivity contribution in [2.75, 3.05) is 6.61 Å². The monoisotopic (exact) mass is 235 g/mol. The molecule has 0 heterocycles. The fourth-order valence-corrected chi connectivity index (χ4v) is 0.997. The van der Waals surface area contributed by atoms with Gasteiger partial charge >= 0.3 is 5.97 Å². The molecule has 0 aromatic carbocycles. The molecule has 0 rings (SSSR count). The van der Waals surface area contributed by atoms with Crippen molar-refractivity contribution in [1.29, 1.82) is 0 Å². The van der Waals surface area contributed by atoms with Gasteiger partial charge in [0, 0.05) is 0 Å². The maximum atomic E-state index is 9.65. The molecule has 16 heavy (non-hydrogen) atoms. The molecule has 0 aliphatic carbocycles. The number of hydrogen-bond donors (Lipinski definition) is 3. The van der Waals surface area contributed by atoms with E-state index in [0.717, 1.165) is 0 Å². The second-order valence-electron chi connectivity index (χ2n) is 5.45. The topological polar surface area (TPSA) is 92.8 Å². The predicted molar refractivity (Wildman–Crippen MR) is 63.3 cm³/mol. The van der Waals surface area contributed by atoms with Crippen LogP contribution < -0.4 is 5.73 Å². The van der Waals surface area contributed by atoms with E-state index in [9.17, 15) is 4.79 Å². The lowest BCUT2D eigenvalue weighted by molar-refractivity contribution is -0.139. The van der Waals surface area contributed by atoms with Crippen molar-refractivity contribution >= 4 is 5.97 Å². The predicted octanol–water partition coefficient (Wildman–Crippen LogP) is 0.991. The number of hydrogen-bond acceptors (Lipinski definition) is 4. The molecule has 0 bridgehead atoms. The SMILES string of the molecule is CC(C)(C)OC(C)(C)C.N[C@H](CO)C(=O)O. The van der Waals surface area contributed by atoms with Crippen molar-refractivity contribution in [3.05, 3.63) is 0 Å². The van der Waals surface area contributed by atoms with E-state index in [2.05, 4.69) is 41.5 Å². The second kappa shape index (κ2) is 6.83. The normalized spacial score (nSPS) is 13.8. The molecule has 0 aromatic heterocycles. The standard InChI is InChI=1S/C8H18O.C3H7NO3/c1-7(2,3)9-8(4,5)6;4-2(1-5)3(6)7/h1-6H3;2,5H,1,4H2,(H,6,7)/t;2-/m.1/s1. The summed E-state index contributed by atoms with van der Waals surface area (Å²) in [7, 11) is 0. The van der Waals surface area contributed by atoms with Crippen molar-refractivity contribution in [3.8, 4) is 0 Å². The molecule has 0 fully saturated rings. The minimum absolute atomic E-state index is 0.0156. The van der Waals surface area contributed by atoms with E-state index in [0.29, 0.717) is 0 Å². The quantitative estimate of drug-likeness (QED) is 0.663. The summed E-state index contributed by atoms with van der Waals surface area (Å²) in [6.07, 6.45) is 0. The van der Waals surface area contributed by atoms with Gasteiger partial charge in [-0.15, -0.1) is 0 Å². The number of aliphatic carboxylic acids is 1. The molecule has 98 valence electrons. The van der Waals surface area contributed by atoms with Gasteiger partial charge in [0.1, 0.15) is 6.04 Å². The molecular weight excluding hydrogens is 210 g/mol. The summed E-state index contributed by atoms with van der Waals surface area (Å²) in [6, 6.07) is -1.13. The second-order valence-corrected chi connectivity index (χ2v) is 5.45. The maximum absolute atomic E-state index is 9.65. The van der Waals surface area contributed by atoms with Crippen LogP contribution in [0.1, 0.15) is 41.5 Å². The number of carboxylic acids is 1. The molecule has 0 unspecified atom stereocenters. The van der Waals surface area contributed by atoms with Crippen LogP contribution in [0.2, 0.25) is 0 Å². The lowest BCUT2D eigenvalue weighted by atomic mass is 10.1. The van der Waals surface area contributed by atoms with E-state index >= 15 is 0 Å². The number of aliphatic hydroxyl groups excluding tert-OH is 1.